The maximum Gasteiger partial charge on any atom is 0.193 e. The molecule has 1 N–H and O–H groups in total. The highest BCUT2D eigenvalue weighted by molar-refractivity contribution is 9.10. The topological polar surface area (TPSA) is 46.1 Å². The maximum absolute atomic E-state index is 5.91. The summed E-state index contributed by atoms with van der Waals surface area (Å²) in [6, 6.07) is 8.30. The van der Waals surface area contributed by atoms with Crippen LogP contribution in [0.2, 0.25) is 0 Å². The summed E-state index contributed by atoms with van der Waals surface area (Å²) in [5.74, 6) is 0.935. The lowest BCUT2D eigenvalue weighted by atomic mass is 10.1. The zero-order valence-corrected chi connectivity index (χ0v) is 16.9. The van der Waals surface area contributed by atoms with Gasteiger partial charge in [0.05, 0.1) is 6.10 Å². The van der Waals surface area contributed by atoms with E-state index >= 15 is 0 Å². The third kappa shape index (κ3) is 7.34. The first-order valence-electron chi connectivity index (χ1n) is 9.13. The van der Waals surface area contributed by atoms with Crippen molar-refractivity contribution in [2.75, 3.05) is 40.0 Å². The van der Waals surface area contributed by atoms with Crippen LogP contribution < -0.4 is 5.32 Å². The lowest BCUT2D eigenvalue weighted by Gasteiger charge is -2.23. The molecule has 1 aliphatic heterocycles. The van der Waals surface area contributed by atoms with Crippen molar-refractivity contribution in [2.45, 2.75) is 38.8 Å². The van der Waals surface area contributed by atoms with Crippen molar-refractivity contribution in [2.24, 2.45) is 4.99 Å². The number of nitrogens with one attached hydrogen (secondary N) is 1. The van der Waals surface area contributed by atoms with Crippen molar-refractivity contribution in [3.63, 3.8) is 0 Å². The molecule has 25 heavy (non-hydrogen) atoms. The van der Waals surface area contributed by atoms with Gasteiger partial charge in [-0.25, -0.2) is 0 Å². The van der Waals surface area contributed by atoms with Crippen LogP contribution in [-0.2, 0) is 16.0 Å². The highest BCUT2D eigenvalue weighted by Crippen LogP contribution is 2.17. The fraction of sp³-hybridized carbons (Fsp3) is 0.632. The van der Waals surface area contributed by atoms with Crippen LogP contribution >= 0.6 is 15.9 Å². The molecular weight excluding hydrogens is 382 g/mol. The van der Waals surface area contributed by atoms with Gasteiger partial charge in [0.1, 0.15) is 0 Å². The van der Waals surface area contributed by atoms with Crippen molar-refractivity contribution in [1.29, 1.82) is 0 Å². The molecule has 1 heterocycles. The molecule has 140 valence electrons. The normalized spacial score (nSPS) is 16.0. The monoisotopic (exact) mass is 411 g/mol. The van der Waals surface area contributed by atoms with E-state index in [0.29, 0.717) is 6.10 Å². The second kappa shape index (κ2) is 11.5. The van der Waals surface area contributed by atoms with Crippen LogP contribution in [0.5, 0.6) is 0 Å². The van der Waals surface area contributed by atoms with Crippen molar-refractivity contribution in [3.8, 4) is 0 Å². The number of nitrogens with zero attached hydrogens (tertiary/aromatic N) is 2. The number of aliphatic imine (C=N–C) groups is 1. The van der Waals surface area contributed by atoms with Crippen molar-refractivity contribution in [1.82, 2.24) is 10.2 Å². The van der Waals surface area contributed by atoms with E-state index in [1.165, 1.54) is 5.56 Å². The third-order valence-corrected chi connectivity index (χ3v) is 4.92. The molecule has 0 aliphatic carbocycles. The Morgan fingerprint density at radius 2 is 2.12 bits per heavy atom. The summed E-state index contributed by atoms with van der Waals surface area (Å²) in [4.78, 5) is 6.89. The molecule has 0 radical (unpaired) electrons. The maximum atomic E-state index is 5.91. The number of hydrogen-bond donors (Lipinski definition) is 1. The van der Waals surface area contributed by atoms with Gasteiger partial charge < -0.3 is 19.7 Å². The molecular formula is C19H30BrN3O2. The Balaban J connectivity index is 1.77. The van der Waals surface area contributed by atoms with Gasteiger partial charge in [-0.2, -0.15) is 0 Å². The summed E-state index contributed by atoms with van der Waals surface area (Å²) < 4.78 is 12.4. The predicted octanol–water partition coefficient (Wildman–Crippen LogP) is 3.43. The van der Waals surface area contributed by atoms with E-state index in [0.717, 1.165) is 69.1 Å². The van der Waals surface area contributed by atoms with Crippen LogP contribution in [0, 0.1) is 0 Å². The molecule has 0 spiro atoms. The summed E-state index contributed by atoms with van der Waals surface area (Å²) >= 11 is 3.61. The predicted molar refractivity (Wildman–Crippen MR) is 106 cm³/mol. The van der Waals surface area contributed by atoms with E-state index < -0.39 is 0 Å². The molecule has 1 saturated heterocycles. The summed E-state index contributed by atoms with van der Waals surface area (Å²) in [6.07, 6.45) is 3.33. The van der Waals surface area contributed by atoms with Gasteiger partial charge in [-0.05, 0) is 37.8 Å². The van der Waals surface area contributed by atoms with Gasteiger partial charge in [0, 0.05) is 51.0 Å². The second-order valence-electron chi connectivity index (χ2n) is 6.22. The SMILES string of the molecule is CCNC(=NCCCOC1CCOCC1)N(C)Cc1ccccc1Br. The van der Waals surface area contributed by atoms with E-state index in [9.17, 15) is 0 Å². The average molecular weight is 412 g/mol. The molecule has 2 rings (SSSR count). The number of benzene rings is 1. The van der Waals surface area contributed by atoms with Crippen LogP contribution in [0.3, 0.4) is 0 Å². The van der Waals surface area contributed by atoms with Crippen LogP contribution in [0.4, 0.5) is 0 Å². The van der Waals surface area contributed by atoms with Crippen molar-refractivity contribution >= 4 is 21.9 Å². The lowest BCUT2D eigenvalue weighted by Crippen LogP contribution is -2.38. The first-order valence-corrected chi connectivity index (χ1v) is 9.92. The molecule has 0 saturated carbocycles. The molecule has 1 fully saturated rings. The van der Waals surface area contributed by atoms with Gasteiger partial charge in [0.25, 0.3) is 0 Å². The fourth-order valence-corrected chi connectivity index (χ4v) is 3.18. The zero-order chi connectivity index (χ0) is 17.9. The van der Waals surface area contributed by atoms with E-state index in [4.69, 9.17) is 14.5 Å². The molecule has 0 amide bonds. The molecule has 0 bridgehead atoms. The van der Waals surface area contributed by atoms with Crippen molar-refractivity contribution in [3.05, 3.63) is 34.3 Å². The Hall–Kier alpha value is -1.11. The average Bonchev–Trinajstić information content (AvgIpc) is 2.63. The van der Waals surface area contributed by atoms with Gasteiger partial charge in [-0.15, -0.1) is 0 Å². The zero-order valence-electron chi connectivity index (χ0n) is 15.3. The first kappa shape index (κ1) is 20.2. The van der Waals surface area contributed by atoms with E-state index in [1.54, 1.807) is 0 Å². The molecule has 1 aliphatic rings. The minimum absolute atomic E-state index is 0.365. The Labute approximate surface area is 159 Å². The third-order valence-electron chi connectivity index (χ3n) is 4.15. The van der Waals surface area contributed by atoms with Crippen LogP contribution in [-0.4, -0.2) is 56.9 Å². The smallest absolute Gasteiger partial charge is 0.193 e. The number of guanidine groups is 1. The standard InChI is InChI=1S/C19H30BrN3O2/c1-3-21-19(23(2)15-16-7-4-5-8-18(16)20)22-11-6-12-25-17-9-13-24-14-10-17/h4-5,7-8,17H,3,6,9-15H2,1-2H3,(H,21,22). The highest BCUT2D eigenvalue weighted by Gasteiger charge is 2.13. The highest BCUT2D eigenvalue weighted by atomic mass is 79.9. The molecule has 1 aromatic rings. The Morgan fingerprint density at radius 3 is 2.84 bits per heavy atom. The van der Waals surface area contributed by atoms with E-state index in [-0.39, 0.29) is 0 Å². The number of rotatable bonds is 8. The number of hydrogen-bond acceptors (Lipinski definition) is 3. The van der Waals surface area contributed by atoms with Crippen molar-refractivity contribution < 1.29 is 9.47 Å². The molecule has 6 heteroatoms. The lowest BCUT2D eigenvalue weighted by molar-refractivity contribution is -0.0318. The van der Waals surface area contributed by atoms with E-state index in [1.807, 2.05) is 6.07 Å². The van der Waals surface area contributed by atoms with Crippen LogP contribution in [0.15, 0.2) is 33.7 Å². The molecule has 0 aromatic heterocycles. The minimum atomic E-state index is 0.365. The second-order valence-corrected chi connectivity index (χ2v) is 7.07. The fourth-order valence-electron chi connectivity index (χ4n) is 2.77. The van der Waals surface area contributed by atoms with Crippen LogP contribution in [0.1, 0.15) is 31.7 Å². The Bertz CT molecular complexity index is 533. The molecule has 5 nitrogen and oxygen atoms in total. The summed E-state index contributed by atoms with van der Waals surface area (Å²) in [5.41, 5.74) is 1.25. The first-order chi connectivity index (χ1) is 12.2. The summed E-state index contributed by atoms with van der Waals surface area (Å²) in [5, 5.41) is 3.37. The van der Waals surface area contributed by atoms with Gasteiger partial charge in [-0.1, -0.05) is 34.1 Å². The minimum Gasteiger partial charge on any atom is -0.381 e. The molecule has 0 atom stereocenters. The van der Waals surface area contributed by atoms with Gasteiger partial charge >= 0.3 is 0 Å². The van der Waals surface area contributed by atoms with Gasteiger partial charge in [0.2, 0.25) is 0 Å². The Morgan fingerprint density at radius 1 is 1.36 bits per heavy atom. The summed E-state index contributed by atoms with van der Waals surface area (Å²) in [6.45, 7) is 6.95. The van der Waals surface area contributed by atoms with Gasteiger partial charge in [0.15, 0.2) is 5.96 Å². The largest absolute Gasteiger partial charge is 0.381 e. The summed E-state index contributed by atoms with van der Waals surface area (Å²) in [7, 11) is 2.07. The quantitative estimate of drug-likeness (QED) is 0.404. The van der Waals surface area contributed by atoms with E-state index in [2.05, 4.69) is 58.3 Å². The van der Waals surface area contributed by atoms with Gasteiger partial charge in [-0.3, -0.25) is 4.99 Å². The number of ether oxygens (including phenoxy) is 2. The molecule has 0 unspecified atom stereocenters. The van der Waals surface area contributed by atoms with Crippen LogP contribution in [0.25, 0.3) is 0 Å². The molecule has 1 aromatic carbocycles. The Kier molecular flexibility index (Phi) is 9.29. The number of halogens is 1.